The van der Waals surface area contributed by atoms with Gasteiger partial charge in [-0.05, 0) is 43.3 Å². The zero-order chi connectivity index (χ0) is 15.0. The topological polar surface area (TPSA) is 34.4 Å². The fourth-order valence-electron chi connectivity index (χ4n) is 2.91. The first-order valence-corrected chi connectivity index (χ1v) is 7.58. The number of fused-ring (bicyclic) bond motifs is 1. The van der Waals surface area contributed by atoms with Crippen LogP contribution >= 0.6 is 0 Å². The van der Waals surface area contributed by atoms with E-state index in [-0.39, 0.29) is 11.5 Å². The molecular formula is C18H23NO2. The third-order valence-corrected chi connectivity index (χ3v) is 4.11. The van der Waals surface area contributed by atoms with Crippen LogP contribution in [0.25, 0.3) is 0 Å². The number of furan rings is 1. The molecule has 1 aliphatic heterocycles. The second-order valence-corrected chi connectivity index (χ2v) is 6.37. The smallest absolute Gasteiger partial charge is 0.125 e. The summed E-state index contributed by atoms with van der Waals surface area (Å²) in [5.41, 5.74) is 2.58. The number of ether oxygens (including phenoxy) is 1. The van der Waals surface area contributed by atoms with Crippen molar-refractivity contribution in [2.24, 2.45) is 0 Å². The van der Waals surface area contributed by atoms with Crippen molar-refractivity contribution in [3.63, 3.8) is 0 Å². The quantitative estimate of drug-likeness (QED) is 0.923. The Bertz CT molecular complexity index is 642. The molecule has 0 radical (unpaired) electrons. The van der Waals surface area contributed by atoms with E-state index in [1.807, 2.05) is 13.0 Å². The Balaban J connectivity index is 2.01. The number of aryl methyl sites for hydroxylation is 1. The van der Waals surface area contributed by atoms with Gasteiger partial charge in [-0.15, -0.1) is 0 Å². The van der Waals surface area contributed by atoms with Gasteiger partial charge in [-0.1, -0.05) is 26.8 Å². The predicted molar refractivity (Wildman–Crippen MR) is 83.9 cm³/mol. The number of nitrogens with one attached hydrogen (secondary N) is 1. The summed E-state index contributed by atoms with van der Waals surface area (Å²) >= 11 is 0. The van der Waals surface area contributed by atoms with Crippen LogP contribution in [0.3, 0.4) is 0 Å². The molecule has 0 saturated heterocycles. The van der Waals surface area contributed by atoms with Crippen molar-refractivity contribution in [3.05, 3.63) is 53.0 Å². The lowest BCUT2D eigenvalue weighted by Crippen LogP contribution is -2.22. The molecule has 1 aromatic heterocycles. The summed E-state index contributed by atoms with van der Waals surface area (Å²) in [5.74, 6) is 2.92. The molecule has 112 valence electrons. The van der Waals surface area contributed by atoms with Crippen molar-refractivity contribution >= 4 is 0 Å². The average molecular weight is 285 g/mol. The Labute approximate surface area is 126 Å². The molecule has 1 unspecified atom stereocenters. The van der Waals surface area contributed by atoms with Crippen molar-refractivity contribution in [1.82, 2.24) is 5.32 Å². The normalized spacial score (nSPS) is 17.3. The van der Waals surface area contributed by atoms with Gasteiger partial charge in [0.15, 0.2) is 0 Å². The molecule has 2 aromatic rings. The Kier molecular flexibility index (Phi) is 3.54. The van der Waals surface area contributed by atoms with E-state index in [1.54, 1.807) is 0 Å². The van der Waals surface area contributed by atoms with Gasteiger partial charge in [0.1, 0.15) is 17.3 Å². The number of hydrogen-bond donors (Lipinski definition) is 1. The van der Waals surface area contributed by atoms with Crippen LogP contribution in [0.5, 0.6) is 5.75 Å². The van der Waals surface area contributed by atoms with E-state index in [1.165, 1.54) is 11.1 Å². The van der Waals surface area contributed by atoms with Crippen LogP contribution in [0.2, 0.25) is 0 Å². The van der Waals surface area contributed by atoms with Gasteiger partial charge in [-0.25, -0.2) is 0 Å². The van der Waals surface area contributed by atoms with Crippen LogP contribution in [-0.2, 0) is 5.41 Å². The fraction of sp³-hybridized carbons (Fsp3) is 0.444. The summed E-state index contributed by atoms with van der Waals surface area (Å²) in [4.78, 5) is 0. The van der Waals surface area contributed by atoms with Crippen molar-refractivity contribution in [3.8, 4) is 5.75 Å². The van der Waals surface area contributed by atoms with Crippen LogP contribution in [-0.4, -0.2) is 13.2 Å². The summed E-state index contributed by atoms with van der Waals surface area (Å²) in [6.45, 7) is 10.2. The van der Waals surface area contributed by atoms with Gasteiger partial charge in [0.2, 0.25) is 0 Å². The molecular weight excluding hydrogens is 262 g/mol. The molecule has 1 aliphatic rings. The third-order valence-electron chi connectivity index (χ3n) is 4.11. The minimum Gasteiger partial charge on any atom is -0.492 e. The van der Waals surface area contributed by atoms with Crippen LogP contribution in [0.15, 0.2) is 34.7 Å². The Morgan fingerprint density at radius 3 is 2.71 bits per heavy atom. The van der Waals surface area contributed by atoms with E-state index in [0.29, 0.717) is 0 Å². The molecule has 0 spiro atoms. The summed E-state index contributed by atoms with van der Waals surface area (Å²) < 4.78 is 11.6. The second kappa shape index (κ2) is 5.23. The maximum Gasteiger partial charge on any atom is 0.125 e. The molecule has 3 rings (SSSR count). The van der Waals surface area contributed by atoms with E-state index >= 15 is 0 Å². The van der Waals surface area contributed by atoms with Gasteiger partial charge < -0.3 is 14.5 Å². The van der Waals surface area contributed by atoms with E-state index in [4.69, 9.17) is 9.15 Å². The highest BCUT2D eigenvalue weighted by Gasteiger charge is 2.32. The number of rotatable bonds is 4. The van der Waals surface area contributed by atoms with Crippen molar-refractivity contribution in [2.75, 3.05) is 13.2 Å². The van der Waals surface area contributed by atoms with Gasteiger partial charge >= 0.3 is 0 Å². The predicted octanol–water partition coefficient (Wildman–Crippen LogP) is 3.96. The highest BCUT2D eigenvalue weighted by Crippen LogP contribution is 2.40. The van der Waals surface area contributed by atoms with Crippen molar-refractivity contribution in [2.45, 2.75) is 39.2 Å². The molecule has 1 N–H and O–H groups in total. The van der Waals surface area contributed by atoms with E-state index in [0.717, 1.165) is 30.4 Å². The first kappa shape index (κ1) is 14.2. The minimum absolute atomic E-state index is 0.0706. The molecule has 0 amide bonds. The molecule has 0 bridgehead atoms. The van der Waals surface area contributed by atoms with Gasteiger partial charge in [0.05, 0.1) is 12.6 Å². The zero-order valence-corrected chi connectivity index (χ0v) is 13.2. The minimum atomic E-state index is 0.0706. The lowest BCUT2D eigenvalue weighted by molar-refractivity contribution is 0.291. The Hall–Kier alpha value is -1.74. The third kappa shape index (κ3) is 2.58. The largest absolute Gasteiger partial charge is 0.492 e. The molecule has 1 atom stereocenters. The van der Waals surface area contributed by atoms with Crippen molar-refractivity contribution < 1.29 is 9.15 Å². The zero-order valence-electron chi connectivity index (χ0n) is 13.2. The average Bonchev–Trinajstić information content (AvgIpc) is 3.00. The summed E-state index contributed by atoms with van der Waals surface area (Å²) in [6, 6.07) is 10.6. The van der Waals surface area contributed by atoms with Crippen LogP contribution < -0.4 is 10.1 Å². The monoisotopic (exact) mass is 285 g/mol. The standard InChI is InChI=1S/C18H23NO2/c1-5-19-17(16-8-6-12(2)21-16)13-7-9-15-14(10-13)18(3,4)11-20-15/h6-10,17,19H,5,11H2,1-4H3. The van der Waals surface area contributed by atoms with Gasteiger partial charge in [0, 0.05) is 11.0 Å². The number of hydrogen-bond acceptors (Lipinski definition) is 3. The molecule has 2 heterocycles. The van der Waals surface area contributed by atoms with Crippen LogP contribution in [0.4, 0.5) is 0 Å². The molecule has 1 aromatic carbocycles. The molecule has 0 fully saturated rings. The molecule has 0 saturated carbocycles. The van der Waals surface area contributed by atoms with E-state index < -0.39 is 0 Å². The fourth-order valence-corrected chi connectivity index (χ4v) is 2.91. The van der Waals surface area contributed by atoms with Crippen molar-refractivity contribution in [1.29, 1.82) is 0 Å². The summed E-state index contributed by atoms with van der Waals surface area (Å²) in [7, 11) is 0. The van der Waals surface area contributed by atoms with Crippen LogP contribution in [0.1, 0.15) is 49.5 Å². The Morgan fingerprint density at radius 2 is 2.05 bits per heavy atom. The summed E-state index contributed by atoms with van der Waals surface area (Å²) in [5, 5.41) is 3.51. The first-order chi connectivity index (χ1) is 10.0. The Morgan fingerprint density at radius 1 is 1.24 bits per heavy atom. The highest BCUT2D eigenvalue weighted by molar-refractivity contribution is 5.47. The van der Waals surface area contributed by atoms with Gasteiger partial charge in [0.25, 0.3) is 0 Å². The van der Waals surface area contributed by atoms with Crippen LogP contribution in [0, 0.1) is 6.92 Å². The SMILES string of the molecule is CCNC(c1ccc2c(c1)C(C)(C)CO2)c1ccc(C)o1. The lowest BCUT2D eigenvalue weighted by Gasteiger charge is -2.20. The molecule has 21 heavy (non-hydrogen) atoms. The van der Waals surface area contributed by atoms with E-state index in [9.17, 15) is 0 Å². The highest BCUT2D eigenvalue weighted by atomic mass is 16.5. The lowest BCUT2D eigenvalue weighted by atomic mass is 9.85. The van der Waals surface area contributed by atoms with Gasteiger partial charge in [-0.2, -0.15) is 0 Å². The first-order valence-electron chi connectivity index (χ1n) is 7.58. The van der Waals surface area contributed by atoms with E-state index in [2.05, 4.69) is 50.4 Å². The molecule has 3 heteroatoms. The maximum atomic E-state index is 5.83. The maximum absolute atomic E-state index is 5.83. The molecule has 3 nitrogen and oxygen atoms in total. The molecule has 0 aliphatic carbocycles. The van der Waals surface area contributed by atoms with Gasteiger partial charge in [-0.3, -0.25) is 0 Å². The summed E-state index contributed by atoms with van der Waals surface area (Å²) in [6.07, 6.45) is 0. The second-order valence-electron chi connectivity index (χ2n) is 6.37. The number of benzene rings is 1.